The number of hydrogen-bond acceptors (Lipinski definition) is 2. The van der Waals surface area contributed by atoms with Gasteiger partial charge in [-0.15, -0.1) is 0 Å². The zero-order valence-corrected chi connectivity index (χ0v) is 7.73. The molecule has 0 aliphatic carbocycles. The van der Waals surface area contributed by atoms with Gasteiger partial charge in [0.15, 0.2) is 0 Å². The fourth-order valence-corrected chi connectivity index (χ4v) is 0.767. The van der Waals surface area contributed by atoms with Gasteiger partial charge in [-0.25, -0.2) is 0 Å². The molecule has 0 aromatic rings. The quantitative estimate of drug-likeness (QED) is 0.701. The van der Waals surface area contributed by atoms with Crippen LogP contribution in [-0.4, -0.2) is 31.1 Å². The number of carbonyl (C=O) groups is 2. The molecule has 0 bridgehead atoms. The van der Waals surface area contributed by atoms with Crippen LogP contribution in [-0.2, 0) is 9.59 Å². The smallest absolute Gasteiger partial charge is 0.357 e. The molecule has 0 heterocycles. The molecule has 0 aromatic heterocycles. The minimum absolute atomic E-state index is 0.0987. The summed E-state index contributed by atoms with van der Waals surface area (Å²) in [5.74, 6) is -2.75. The highest BCUT2D eigenvalue weighted by Gasteiger charge is 2.40. The Morgan fingerprint density at radius 2 is 1.86 bits per heavy atom. The summed E-state index contributed by atoms with van der Waals surface area (Å²) in [5, 5.41) is 3.73. The molecule has 1 atom stereocenters. The van der Waals surface area contributed by atoms with Crippen molar-refractivity contribution >= 4 is 11.8 Å². The monoisotopic (exact) mass is 212 g/mol. The van der Waals surface area contributed by atoms with Crippen molar-refractivity contribution in [3.63, 3.8) is 0 Å². The average Bonchev–Trinajstić information content (AvgIpc) is 2.10. The molecule has 2 amide bonds. The van der Waals surface area contributed by atoms with Crippen molar-refractivity contribution in [3.8, 4) is 0 Å². The number of nitrogens with one attached hydrogen (secondary N) is 2. The van der Waals surface area contributed by atoms with Crippen molar-refractivity contribution in [2.45, 2.75) is 25.6 Å². The predicted octanol–water partition coefficient (Wildman–Crippen LogP) is 0.189. The second kappa shape index (κ2) is 4.83. The molecule has 7 heteroatoms. The molecule has 0 aromatic carbocycles. The molecule has 2 N–H and O–H groups in total. The van der Waals surface area contributed by atoms with Crippen LogP contribution in [0, 0.1) is 0 Å². The first-order valence-electron chi connectivity index (χ1n) is 3.92. The maximum Gasteiger partial charge on any atom is 0.471 e. The molecule has 0 saturated carbocycles. The maximum absolute atomic E-state index is 11.8. The zero-order chi connectivity index (χ0) is 11.4. The summed E-state index contributed by atoms with van der Waals surface area (Å²) in [6, 6.07) is -1.14. The molecule has 4 nitrogen and oxygen atoms in total. The zero-order valence-electron chi connectivity index (χ0n) is 7.73. The molecule has 0 radical (unpaired) electrons. The van der Waals surface area contributed by atoms with Crippen LogP contribution >= 0.6 is 0 Å². The van der Waals surface area contributed by atoms with Gasteiger partial charge in [-0.1, -0.05) is 6.92 Å². The lowest BCUT2D eigenvalue weighted by Gasteiger charge is -2.16. The lowest BCUT2D eigenvalue weighted by atomic mass is 10.2. The Morgan fingerprint density at radius 1 is 1.36 bits per heavy atom. The van der Waals surface area contributed by atoms with Gasteiger partial charge in [0.1, 0.15) is 6.04 Å². The Kier molecular flexibility index (Phi) is 4.39. The van der Waals surface area contributed by atoms with Crippen molar-refractivity contribution < 1.29 is 22.8 Å². The van der Waals surface area contributed by atoms with E-state index in [1.807, 2.05) is 0 Å². The Hall–Kier alpha value is -1.27. The molecule has 0 saturated heterocycles. The van der Waals surface area contributed by atoms with E-state index in [9.17, 15) is 22.8 Å². The molecule has 14 heavy (non-hydrogen) atoms. The molecule has 0 spiro atoms. The van der Waals surface area contributed by atoms with E-state index < -0.39 is 24.0 Å². The van der Waals surface area contributed by atoms with E-state index >= 15 is 0 Å². The normalized spacial score (nSPS) is 13.2. The van der Waals surface area contributed by atoms with Gasteiger partial charge < -0.3 is 10.6 Å². The largest absolute Gasteiger partial charge is 0.471 e. The standard InChI is InChI=1S/C7H11F3N2O2/c1-3-4(5(13)11-2)12-6(14)7(8,9)10/h4H,3H2,1-2H3,(H,11,13)(H,12,14)/t4-/m0/s1. The highest BCUT2D eigenvalue weighted by atomic mass is 19.4. The maximum atomic E-state index is 11.8. The molecule has 0 unspecified atom stereocenters. The summed E-state index contributed by atoms with van der Waals surface area (Å²) < 4.78 is 35.3. The first kappa shape index (κ1) is 12.7. The topological polar surface area (TPSA) is 58.2 Å². The summed E-state index contributed by atoms with van der Waals surface area (Å²) in [6.45, 7) is 1.50. The fourth-order valence-electron chi connectivity index (χ4n) is 0.767. The molecule has 0 aliphatic heterocycles. The van der Waals surface area contributed by atoms with Crippen molar-refractivity contribution in [1.29, 1.82) is 0 Å². The van der Waals surface area contributed by atoms with Gasteiger partial charge in [0.05, 0.1) is 0 Å². The summed E-state index contributed by atoms with van der Waals surface area (Å²) in [7, 11) is 1.28. The average molecular weight is 212 g/mol. The van der Waals surface area contributed by atoms with Crippen LogP contribution in [0.25, 0.3) is 0 Å². The summed E-state index contributed by atoms with van der Waals surface area (Å²) in [4.78, 5) is 21.4. The first-order valence-corrected chi connectivity index (χ1v) is 3.92. The fraction of sp³-hybridized carbons (Fsp3) is 0.714. The van der Waals surface area contributed by atoms with Crippen LogP contribution in [0.3, 0.4) is 0 Å². The van der Waals surface area contributed by atoms with Gasteiger partial charge in [-0.3, -0.25) is 9.59 Å². The first-order chi connectivity index (χ1) is 6.32. The third-order valence-electron chi connectivity index (χ3n) is 1.53. The molecule has 0 rings (SSSR count). The number of hydrogen-bond donors (Lipinski definition) is 2. The number of likely N-dealkylation sites (N-methyl/N-ethyl adjacent to an activating group) is 1. The van der Waals surface area contributed by atoms with Crippen LogP contribution in [0.4, 0.5) is 13.2 Å². The van der Waals surface area contributed by atoms with E-state index in [0.717, 1.165) is 0 Å². The Labute approximate surface area is 78.8 Å². The lowest BCUT2D eigenvalue weighted by molar-refractivity contribution is -0.174. The number of carbonyl (C=O) groups excluding carboxylic acids is 2. The van der Waals surface area contributed by atoms with Gasteiger partial charge in [-0.2, -0.15) is 13.2 Å². The van der Waals surface area contributed by atoms with Gasteiger partial charge in [0.25, 0.3) is 0 Å². The summed E-state index contributed by atoms with van der Waals surface area (Å²) in [6.07, 6.45) is -4.86. The van der Waals surface area contributed by atoms with Gasteiger partial charge in [0.2, 0.25) is 5.91 Å². The van der Waals surface area contributed by atoms with Gasteiger partial charge >= 0.3 is 12.1 Å². The van der Waals surface area contributed by atoms with Crippen molar-refractivity contribution in [2.75, 3.05) is 7.05 Å². The third-order valence-corrected chi connectivity index (χ3v) is 1.53. The van der Waals surface area contributed by atoms with E-state index in [1.165, 1.54) is 14.0 Å². The molecule has 82 valence electrons. The summed E-state index contributed by atoms with van der Waals surface area (Å²) in [5.41, 5.74) is 0. The highest BCUT2D eigenvalue weighted by Crippen LogP contribution is 2.14. The van der Waals surface area contributed by atoms with Crippen molar-refractivity contribution in [3.05, 3.63) is 0 Å². The van der Waals surface area contributed by atoms with E-state index in [-0.39, 0.29) is 6.42 Å². The second-order valence-electron chi connectivity index (χ2n) is 2.55. The minimum atomic E-state index is -4.96. The summed E-state index contributed by atoms with van der Waals surface area (Å²) >= 11 is 0. The Balaban J connectivity index is 4.34. The minimum Gasteiger partial charge on any atom is -0.357 e. The van der Waals surface area contributed by atoms with E-state index in [1.54, 1.807) is 5.32 Å². The second-order valence-corrected chi connectivity index (χ2v) is 2.55. The Bertz CT molecular complexity index is 227. The predicted molar refractivity (Wildman–Crippen MR) is 42.3 cm³/mol. The SMILES string of the molecule is CC[C@H](NC(=O)C(F)(F)F)C(=O)NC. The van der Waals surface area contributed by atoms with Crippen LogP contribution in [0.1, 0.15) is 13.3 Å². The van der Waals surface area contributed by atoms with Crippen LogP contribution < -0.4 is 10.6 Å². The molecule has 0 aliphatic rings. The van der Waals surface area contributed by atoms with Crippen LogP contribution in [0.2, 0.25) is 0 Å². The van der Waals surface area contributed by atoms with Crippen molar-refractivity contribution in [2.24, 2.45) is 0 Å². The van der Waals surface area contributed by atoms with Gasteiger partial charge in [-0.05, 0) is 6.42 Å². The van der Waals surface area contributed by atoms with Crippen LogP contribution in [0.5, 0.6) is 0 Å². The molecular weight excluding hydrogens is 201 g/mol. The van der Waals surface area contributed by atoms with E-state index in [4.69, 9.17) is 0 Å². The van der Waals surface area contributed by atoms with E-state index in [0.29, 0.717) is 0 Å². The number of rotatable bonds is 3. The molecular formula is C7H11F3N2O2. The van der Waals surface area contributed by atoms with Crippen LogP contribution in [0.15, 0.2) is 0 Å². The number of halogens is 3. The number of amides is 2. The Morgan fingerprint density at radius 3 is 2.14 bits per heavy atom. The van der Waals surface area contributed by atoms with E-state index in [2.05, 4.69) is 5.32 Å². The van der Waals surface area contributed by atoms with Crippen molar-refractivity contribution in [1.82, 2.24) is 10.6 Å². The third kappa shape index (κ3) is 3.63. The highest BCUT2D eigenvalue weighted by molar-refractivity contribution is 5.89. The molecule has 0 fully saturated rings. The lowest BCUT2D eigenvalue weighted by Crippen LogP contribution is -2.49. The van der Waals surface area contributed by atoms with Gasteiger partial charge in [0, 0.05) is 7.05 Å². The number of alkyl halides is 3.